The SMILES string of the molecule is CCOC(=O)C1=C(C)N=c2s/c(=C\c3cc(OC)ccc3OC)c(=O)n2[C@H]1c1ccc(-c2cc([N+](=O)[O-])ccc2Cl)o1. The molecular formula is C29H24ClN3O8S. The summed E-state index contributed by atoms with van der Waals surface area (Å²) in [6.07, 6.45) is 1.67. The average molecular weight is 610 g/mol. The molecule has 0 fully saturated rings. The number of methoxy groups -OCH3 is 2. The molecule has 0 bridgehead atoms. The predicted molar refractivity (Wildman–Crippen MR) is 156 cm³/mol. The molecule has 0 N–H and O–H groups in total. The third-order valence-electron chi connectivity index (χ3n) is 6.56. The van der Waals surface area contributed by atoms with Crippen molar-refractivity contribution < 1.29 is 28.3 Å². The molecule has 0 saturated carbocycles. The van der Waals surface area contributed by atoms with Crippen LogP contribution >= 0.6 is 22.9 Å². The molecule has 2 aromatic carbocycles. The number of furan rings is 1. The van der Waals surface area contributed by atoms with Crippen molar-refractivity contribution in [2.75, 3.05) is 20.8 Å². The lowest BCUT2D eigenvalue weighted by atomic mass is 10.0. The number of allylic oxidation sites excluding steroid dienone is 1. The number of nitro benzene ring substituents is 1. The van der Waals surface area contributed by atoms with Gasteiger partial charge in [0, 0.05) is 23.3 Å². The Morgan fingerprint density at radius 3 is 2.67 bits per heavy atom. The number of benzene rings is 2. The van der Waals surface area contributed by atoms with Crippen LogP contribution in [0.15, 0.2) is 74.0 Å². The molecule has 1 aliphatic rings. The number of ether oxygens (including phenoxy) is 3. The number of nitrogens with zero attached hydrogens (tertiary/aromatic N) is 3. The second-order valence-corrected chi connectivity index (χ2v) is 10.4. The first kappa shape index (κ1) is 28.8. The summed E-state index contributed by atoms with van der Waals surface area (Å²) >= 11 is 7.49. The highest BCUT2D eigenvalue weighted by atomic mass is 35.5. The molecule has 5 rings (SSSR count). The molecule has 1 atom stereocenters. The molecular weight excluding hydrogens is 586 g/mol. The average Bonchev–Trinajstić information content (AvgIpc) is 3.57. The van der Waals surface area contributed by atoms with Crippen LogP contribution in [-0.4, -0.2) is 36.3 Å². The van der Waals surface area contributed by atoms with Crippen molar-refractivity contribution >= 4 is 40.7 Å². The Labute approximate surface area is 247 Å². The maximum Gasteiger partial charge on any atom is 0.338 e. The standard InChI is InChI=1S/C29H24ClN3O8S/c1-5-40-28(35)25-15(2)31-29-32(27(34)24(42-29)13-16-12-18(38-3)7-9-21(16)39-4)26(25)23-11-10-22(41-23)19-14-17(33(36)37)6-8-20(19)30/h6-14,26H,5H2,1-4H3/b24-13-/t26-/m0/s1. The molecule has 2 aromatic heterocycles. The van der Waals surface area contributed by atoms with Crippen LogP contribution in [0.4, 0.5) is 5.69 Å². The fourth-order valence-corrected chi connectivity index (χ4v) is 5.86. The lowest BCUT2D eigenvalue weighted by molar-refractivity contribution is -0.384. The van der Waals surface area contributed by atoms with E-state index in [1.54, 1.807) is 50.3 Å². The number of aromatic nitrogens is 1. The molecule has 216 valence electrons. The van der Waals surface area contributed by atoms with Gasteiger partial charge < -0.3 is 18.6 Å². The Morgan fingerprint density at radius 2 is 1.98 bits per heavy atom. The summed E-state index contributed by atoms with van der Waals surface area (Å²) in [7, 11) is 3.06. The van der Waals surface area contributed by atoms with E-state index in [1.807, 2.05) is 0 Å². The zero-order chi connectivity index (χ0) is 30.1. The predicted octanol–water partition coefficient (Wildman–Crippen LogP) is 4.64. The molecule has 0 amide bonds. The summed E-state index contributed by atoms with van der Waals surface area (Å²) in [5.41, 5.74) is 0.788. The van der Waals surface area contributed by atoms with E-state index in [0.29, 0.717) is 32.1 Å². The van der Waals surface area contributed by atoms with Crippen molar-refractivity contribution in [1.29, 1.82) is 0 Å². The Bertz CT molecular complexity index is 1940. The van der Waals surface area contributed by atoms with Crippen molar-refractivity contribution in [3.8, 4) is 22.8 Å². The Balaban J connectivity index is 1.71. The van der Waals surface area contributed by atoms with Crippen LogP contribution in [0.2, 0.25) is 5.02 Å². The lowest BCUT2D eigenvalue weighted by Crippen LogP contribution is -2.39. The van der Waals surface area contributed by atoms with Gasteiger partial charge in [0.2, 0.25) is 0 Å². The largest absolute Gasteiger partial charge is 0.497 e. The summed E-state index contributed by atoms with van der Waals surface area (Å²) in [5, 5.41) is 11.6. The number of carbonyl (C=O) groups excluding carboxylic acids is 1. The van der Waals surface area contributed by atoms with Gasteiger partial charge in [0.15, 0.2) is 4.80 Å². The number of non-ortho nitro benzene ring substituents is 1. The summed E-state index contributed by atoms with van der Waals surface area (Å²) in [6.45, 7) is 3.44. The zero-order valence-electron chi connectivity index (χ0n) is 22.9. The smallest absolute Gasteiger partial charge is 0.338 e. The normalized spacial score (nSPS) is 14.8. The van der Waals surface area contributed by atoms with Crippen LogP contribution in [0.3, 0.4) is 0 Å². The Kier molecular flexibility index (Phi) is 8.01. The highest BCUT2D eigenvalue weighted by molar-refractivity contribution is 7.07. The fraction of sp³-hybridized carbons (Fsp3) is 0.207. The minimum Gasteiger partial charge on any atom is -0.497 e. The molecule has 0 aliphatic carbocycles. The number of fused-ring (bicyclic) bond motifs is 1. The number of hydrogen-bond donors (Lipinski definition) is 0. The summed E-state index contributed by atoms with van der Waals surface area (Å²) in [6, 6.07) is 11.4. The van der Waals surface area contributed by atoms with Crippen molar-refractivity contribution in [1.82, 2.24) is 4.57 Å². The van der Waals surface area contributed by atoms with Crippen LogP contribution in [0.25, 0.3) is 17.4 Å². The number of rotatable bonds is 8. The van der Waals surface area contributed by atoms with Gasteiger partial charge in [-0.25, -0.2) is 9.79 Å². The highest BCUT2D eigenvalue weighted by Gasteiger charge is 2.35. The first-order valence-electron chi connectivity index (χ1n) is 12.6. The van der Waals surface area contributed by atoms with E-state index in [-0.39, 0.29) is 40.0 Å². The molecule has 0 unspecified atom stereocenters. The summed E-state index contributed by atoms with van der Waals surface area (Å²) < 4.78 is 24.0. The van der Waals surface area contributed by atoms with Gasteiger partial charge in [-0.05, 0) is 56.3 Å². The number of esters is 1. The van der Waals surface area contributed by atoms with Crippen molar-refractivity contribution in [2.24, 2.45) is 4.99 Å². The second-order valence-electron chi connectivity index (χ2n) is 9.03. The van der Waals surface area contributed by atoms with Crippen LogP contribution < -0.4 is 24.4 Å². The van der Waals surface area contributed by atoms with Crippen LogP contribution in [0.1, 0.15) is 31.2 Å². The molecule has 3 heterocycles. The molecule has 42 heavy (non-hydrogen) atoms. The van der Waals surface area contributed by atoms with E-state index in [1.165, 1.54) is 37.0 Å². The lowest BCUT2D eigenvalue weighted by Gasteiger charge is -2.22. The van der Waals surface area contributed by atoms with Gasteiger partial charge in [-0.2, -0.15) is 0 Å². The van der Waals surface area contributed by atoms with Gasteiger partial charge in [0.25, 0.3) is 11.2 Å². The number of carbonyl (C=O) groups is 1. The van der Waals surface area contributed by atoms with E-state index >= 15 is 0 Å². The maximum absolute atomic E-state index is 13.9. The molecule has 11 nitrogen and oxygen atoms in total. The summed E-state index contributed by atoms with van der Waals surface area (Å²) in [5.74, 6) is 0.900. The van der Waals surface area contributed by atoms with Crippen LogP contribution in [0.5, 0.6) is 11.5 Å². The molecule has 13 heteroatoms. The minimum atomic E-state index is -1.03. The molecule has 1 aliphatic heterocycles. The van der Waals surface area contributed by atoms with Gasteiger partial charge >= 0.3 is 5.97 Å². The van der Waals surface area contributed by atoms with Gasteiger partial charge in [-0.1, -0.05) is 22.9 Å². The Morgan fingerprint density at radius 1 is 1.19 bits per heavy atom. The molecule has 0 radical (unpaired) electrons. The number of nitro groups is 1. The van der Waals surface area contributed by atoms with E-state index in [4.69, 9.17) is 30.2 Å². The Hall–Kier alpha value is -4.68. The van der Waals surface area contributed by atoms with Gasteiger partial charge in [-0.15, -0.1) is 0 Å². The van der Waals surface area contributed by atoms with Crippen molar-refractivity contribution in [3.05, 3.63) is 106 Å². The van der Waals surface area contributed by atoms with E-state index in [9.17, 15) is 19.7 Å². The van der Waals surface area contributed by atoms with Crippen molar-refractivity contribution in [3.63, 3.8) is 0 Å². The third-order valence-corrected chi connectivity index (χ3v) is 7.88. The van der Waals surface area contributed by atoms with Gasteiger partial charge in [0.05, 0.1) is 46.6 Å². The second kappa shape index (κ2) is 11.7. The van der Waals surface area contributed by atoms with Crippen molar-refractivity contribution in [2.45, 2.75) is 19.9 Å². The van der Waals surface area contributed by atoms with Gasteiger partial charge in [0.1, 0.15) is 29.1 Å². The van der Waals surface area contributed by atoms with Gasteiger partial charge in [-0.3, -0.25) is 19.5 Å². The van der Waals surface area contributed by atoms with E-state index in [2.05, 4.69) is 4.99 Å². The van der Waals surface area contributed by atoms with E-state index < -0.39 is 22.5 Å². The number of halogens is 1. The topological polar surface area (TPSA) is 135 Å². The molecule has 0 saturated heterocycles. The van der Waals surface area contributed by atoms with Crippen LogP contribution in [0, 0.1) is 10.1 Å². The molecule has 0 spiro atoms. The highest BCUT2D eigenvalue weighted by Crippen LogP contribution is 2.37. The van der Waals surface area contributed by atoms with E-state index in [0.717, 1.165) is 11.3 Å². The zero-order valence-corrected chi connectivity index (χ0v) is 24.4. The fourth-order valence-electron chi connectivity index (χ4n) is 4.61. The first-order chi connectivity index (χ1) is 20.2. The number of hydrogen-bond acceptors (Lipinski definition) is 10. The minimum absolute atomic E-state index is 0.106. The first-order valence-corrected chi connectivity index (χ1v) is 13.8. The molecule has 4 aromatic rings. The third kappa shape index (κ3) is 5.21. The summed E-state index contributed by atoms with van der Waals surface area (Å²) in [4.78, 5) is 42.8. The quantitative estimate of drug-likeness (QED) is 0.160. The number of thiazole rings is 1. The maximum atomic E-state index is 13.9. The van der Waals surface area contributed by atoms with Crippen LogP contribution in [-0.2, 0) is 9.53 Å². The monoisotopic (exact) mass is 609 g/mol.